The molecule has 3 rings (SSSR count). The number of unbranched alkanes of at least 4 members (excludes halogenated alkanes) is 1. The molecular formula is C22H25N3O. The van der Waals surface area contributed by atoms with Crippen LogP contribution in [0.5, 0.6) is 0 Å². The molecule has 0 fully saturated rings. The van der Waals surface area contributed by atoms with Crippen molar-refractivity contribution in [1.82, 2.24) is 9.78 Å². The number of nitrogens with zero attached hydrogens (tertiary/aromatic N) is 3. The van der Waals surface area contributed by atoms with Crippen LogP contribution in [-0.2, 0) is 0 Å². The number of anilines is 1. The Hall–Kier alpha value is -2.88. The van der Waals surface area contributed by atoms with Crippen molar-refractivity contribution in [3.8, 4) is 5.69 Å². The first kappa shape index (κ1) is 17.9. The van der Waals surface area contributed by atoms with Gasteiger partial charge in [-0.3, -0.25) is 4.79 Å². The van der Waals surface area contributed by atoms with Crippen LogP contribution in [0.3, 0.4) is 0 Å². The second-order valence-corrected chi connectivity index (χ2v) is 6.53. The Balaban J connectivity index is 1.86. The average molecular weight is 347 g/mol. The number of carbonyl (C=O) groups excluding carboxylic acids is 1. The quantitative estimate of drug-likeness (QED) is 0.634. The first-order chi connectivity index (χ1) is 12.6. The Kier molecular flexibility index (Phi) is 5.52. The van der Waals surface area contributed by atoms with Gasteiger partial charge in [0.15, 0.2) is 0 Å². The Bertz CT molecular complexity index is 866. The van der Waals surface area contributed by atoms with Gasteiger partial charge in [0.1, 0.15) is 0 Å². The summed E-state index contributed by atoms with van der Waals surface area (Å²) in [6, 6.07) is 19.6. The maximum absolute atomic E-state index is 13.1. The van der Waals surface area contributed by atoms with Crippen LogP contribution in [0.25, 0.3) is 5.69 Å². The summed E-state index contributed by atoms with van der Waals surface area (Å²) in [4.78, 5) is 14.9. The van der Waals surface area contributed by atoms with E-state index in [1.807, 2.05) is 84.1 Å². The van der Waals surface area contributed by atoms with E-state index in [4.69, 9.17) is 0 Å². The first-order valence-electron chi connectivity index (χ1n) is 9.10. The van der Waals surface area contributed by atoms with Crippen LogP contribution in [0.15, 0.2) is 60.7 Å². The average Bonchev–Trinajstić information content (AvgIpc) is 3.01. The molecule has 2 aromatic carbocycles. The SMILES string of the molecule is CCCCN(C(=O)c1ccc(-n2nc(C)cc2C)cc1)c1ccccc1. The second-order valence-electron chi connectivity index (χ2n) is 6.53. The lowest BCUT2D eigenvalue weighted by Gasteiger charge is -2.23. The molecule has 0 saturated carbocycles. The van der Waals surface area contributed by atoms with E-state index in [0.29, 0.717) is 5.56 Å². The predicted molar refractivity (Wildman–Crippen MR) is 106 cm³/mol. The molecule has 1 amide bonds. The van der Waals surface area contributed by atoms with Crippen LogP contribution in [0.4, 0.5) is 5.69 Å². The molecule has 0 N–H and O–H groups in total. The number of amides is 1. The molecule has 0 aliphatic carbocycles. The molecule has 1 heterocycles. The summed E-state index contributed by atoms with van der Waals surface area (Å²) < 4.78 is 1.90. The fraction of sp³-hybridized carbons (Fsp3) is 0.273. The third-order valence-electron chi connectivity index (χ3n) is 4.42. The van der Waals surface area contributed by atoms with Crippen molar-refractivity contribution in [2.24, 2.45) is 0 Å². The number of carbonyl (C=O) groups is 1. The second kappa shape index (κ2) is 8.00. The third kappa shape index (κ3) is 3.85. The number of aromatic nitrogens is 2. The smallest absolute Gasteiger partial charge is 0.258 e. The molecule has 0 bridgehead atoms. The van der Waals surface area contributed by atoms with Gasteiger partial charge in [0, 0.05) is 23.5 Å². The Labute approximate surface area is 155 Å². The summed E-state index contributed by atoms with van der Waals surface area (Å²) in [6.07, 6.45) is 2.03. The highest BCUT2D eigenvalue weighted by atomic mass is 16.2. The van der Waals surface area contributed by atoms with E-state index in [-0.39, 0.29) is 5.91 Å². The first-order valence-corrected chi connectivity index (χ1v) is 9.10. The van der Waals surface area contributed by atoms with Crippen LogP contribution in [-0.4, -0.2) is 22.2 Å². The molecule has 0 saturated heterocycles. The van der Waals surface area contributed by atoms with Gasteiger partial charge in [-0.15, -0.1) is 0 Å². The number of benzene rings is 2. The molecule has 0 radical (unpaired) electrons. The topological polar surface area (TPSA) is 38.1 Å². The summed E-state index contributed by atoms with van der Waals surface area (Å²) in [5.41, 5.74) is 4.66. The maximum atomic E-state index is 13.1. The van der Waals surface area contributed by atoms with Crippen molar-refractivity contribution in [2.45, 2.75) is 33.6 Å². The molecule has 0 aliphatic heterocycles. The van der Waals surface area contributed by atoms with Crippen LogP contribution in [0.2, 0.25) is 0 Å². The van der Waals surface area contributed by atoms with E-state index in [1.54, 1.807) is 0 Å². The van der Waals surface area contributed by atoms with Crippen LogP contribution < -0.4 is 4.90 Å². The van der Waals surface area contributed by atoms with E-state index in [1.165, 1.54) is 0 Å². The monoisotopic (exact) mass is 347 g/mol. The standard InChI is InChI=1S/C22H25N3O/c1-4-5-15-24(20-9-7-6-8-10-20)22(26)19-11-13-21(14-12-19)25-18(3)16-17(2)23-25/h6-14,16H,4-5,15H2,1-3H3. The van der Waals surface area contributed by atoms with E-state index >= 15 is 0 Å². The molecule has 3 aromatic rings. The minimum atomic E-state index is 0.0320. The summed E-state index contributed by atoms with van der Waals surface area (Å²) in [5.74, 6) is 0.0320. The normalized spacial score (nSPS) is 10.7. The van der Waals surface area contributed by atoms with Gasteiger partial charge in [0.2, 0.25) is 0 Å². The highest BCUT2D eigenvalue weighted by Gasteiger charge is 2.17. The van der Waals surface area contributed by atoms with E-state index in [2.05, 4.69) is 12.0 Å². The zero-order valence-electron chi connectivity index (χ0n) is 15.6. The molecule has 0 unspecified atom stereocenters. The third-order valence-corrected chi connectivity index (χ3v) is 4.42. The Morgan fingerprint density at radius 3 is 2.31 bits per heavy atom. The highest BCUT2D eigenvalue weighted by Crippen LogP contribution is 2.19. The molecule has 4 heteroatoms. The van der Waals surface area contributed by atoms with Gasteiger partial charge in [-0.2, -0.15) is 5.10 Å². The predicted octanol–water partition coefficient (Wildman–Crippen LogP) is 4.94. The summed E-state index contributed by atoms with van der Waals surface area (Å²) in [6.45, 7) is 6.86. The number of para-hydroxylation sites is 1. The van der Waals surface area contributed by atoms with Crippen molar-refractivity contribution in [2.75, 3.05) is 11.4 Å². The van der Waals surface area contributed by atoms with Gasteiger partial charge in [-0.05, 0) is 62.7 Å². The van der Waals surface area contributed by atoms with Gasteiger partial charge in [0.05, 0.1) is 11.4 Å². The van der Waals surface area contributed by atoms with Gasteiger partial charge >= 0.3 is 0 Å². The fourth-order valence-corrected chi connectivity index (χ4v) is 3.06. The van der Waals surface area contributed by atoms with Crippen LogP contribution in [0.1, 0.15) is 41.5 Å². The van der Waals surface area contributed by atoms with Crippen molar-refractivity contribution in [3.05, 3.63) is 77.6 Å². The van der Waals surface area contributed by atoms with Gasteiger partial charge in [-0.1, -0.05) is 31.5 Å². The van der Waals surface area contributed by atoms with Crippen molar-refractivity contribution in [3.63, 3.8) is 0 Å². The molecule has 0 atom stereocenters. The number of hydrogen-bond donors (Lipinski definition) is 0. The van der Waals surface area contributed by atoms with Crippen molar-refractivity contribution < 1.29 is 4.79 Å². The zero-order valence-corrected chi connectivity index (χ0v) is 15.6. The van der Waals surface area contributed by atoms with E-state index < -0.39 is 0 Å². The van der Waals surface area contributed by atoms with Gasteiger partial charge < -0.3 is 4.90 Å². The Morgan fingerprint density at radius 1 is 1.04 bits per heavy atom. The minimum absolute atomic E-state index is 0.0320. The molecule has 0 spiro atoms. The van der Waals surface area contributed by atoms with Crippen LogP contribution in [0, 0.1) is 13.8 Å². The summed E-state index contributed by atoms with van der Waals surface area (Å²) in [5, 5.41) is 4.50. The lowest BCUT2D eigenvalue weighted by Crippen LogP contribution is -2.31. The molecule has 134 valence electrons. The van der Waals surface area contributed by atoms with E-state index in [9.17, 15) is 4.79 Å². The molecule has 4 nitrogen and oxygen atoms in total. The fourth-order valence-electron chi connectivity index (χ4n) is 3.06. The highest BCUT2D eigenvalue weighted by molar-refractivity contribution is 6.06. The van der Waals surface area contributed by atoms with Crippen molar-refractivity contribution >= 4 is 11.6 Å². The van der Waals surface area contributed by atoms with E-state index in [0.717, 1.165) is 42.1 Å². The Morgan fingerprint density at radius 2 is 1.73 bits per heavy atom. The van der Waals surface area contributed by atoms with Crippen molar-refractivity contribution in [1.29, 1.82) is 0 Å². The maximum Gasteiger partial charge on any atom is 0.258 e. The number of hydrogen-bond acceptors (Lipinski definition) is 2. The summed E-state index contributed by atoms with van der Waals surface area (Å²) in [7, 11) is 0. The molecule has 26 heavy (non-hydrogen) atoms. The number of aryl methyl sites for hydroxylation is 2. The van der Waals surface area contributed by atoms with Crippen LogP contribution >= 0.6 is 0 Å². The zero-order chi connectivity index (χ0) is 18.5. The van der Waals surface area contributed by atoms with Gasteiger partial charge in [-0.25, -0.2) is 4.68 Å². The lowest BCUT2D eigenvalue weighted by atomic mass is 10.1. The number of rotatable bonds is 6. The van der Waals surface area contributed by atoms with Gasteiger partial charge in [0.25, 0.3) is 5.91 Å². The lowest BCUT2D eigenvalue weighted by molar-refractivity contribution is 0.0986. The molecule has 0 aliphatic rings. The molecular weight excluding hydrogens is 322 g/mol. The minimum Gasteiger partial charge on any atom is -0.308 e. The molecule has 1 aromatic heterocycles. The largest absolute Gasteiger partial charge is 0.308 e. The summed E-state index contributed by atoms with van der Waals surface area (Å²) >= 11 is 0.